The van der Waals surface area contributed by atoms with Gasteiger partial charge in [-0.2, -0.15) is 0 Å². The molecule has 1 aliphatic rings. The number of hydrogen-bond donors (Lipinski definition) is 1. The fourth-order valence-corrected chi connectivity index (χ4v) is 5.52. The first kappa shape index (κ1) is 21.1. The lowest BCUT2D eigenvalue weighted by Crippen LogP contribution is -2.35. The lowest BCUT2D eigenvalue weighted by atomic mass is 9.93. The van der Waals surface area contributed by atoms with Gasteiger partial charge in [0.25, 0.3) is 5.56 Å². The molecule has 6 heteroatoms. The highest BCUT2D eigenvalue weighted by atomic mass is 32.1. The van der Waals surface area contributed by atoms with Gasteiger partial charge in [0.15, 0.2) is 0 Å². The fraction of sp³-hybridized carbons (Fsp3) is 0.500. The number of benzene rings is 1. The van der Waals surface area contributed by atoms with Crippen molar-refractivity contribution in [3.05, 3.63) is 57.0 Å². The van der Waals surface area contributed by atoms with Crippen molar-refractivity contribution in [2.75, 3.05) is 13.7 Å². The van der Waals surface area contributed by atoms with E-state index in [4.69, 9.17) is 4.74 Å². The Bertz CT molecular complexity index is 1070. The molecule has 0 saturated heterocycles. The van der Waals surface area contributed by atoms with Crippen molar-refractivity contribution < 1.29 is 4.74 Å². The zero-order valence-electron chi connectivity index (χ0n) is 18.1. The van der Waals surface area contributed by atoms with E-state index in [0.717, 1.165) is 59.7 Å². The van der Waals surface area contributed by atoms with Crippen LogP contribution in [0.25, 0.3) is 10.2 Å². The van der Waals surface area contributed by atoms with Crippen LogP contribution < -0.4 is 15.6 Å². The van der Waals surface area contributed by atoms with Crippen molar-refractivity contribution in [3.8, 4) is 5.75 Å². The van der Waals surface area contributed by atoms with Gasteiger partial charge in [0.2, 0.25) is 0 Å². The summed E-state index contributed by atoms with van der Waals surface area (Å²) in [5.74, 6) is 1.59. The Labute approximate surface area is 182 Å². The zero-order chi connectivity index (χ0) is 21.1. The first-order valence-corrected chi connectivity index (χ1v) is 11.7. The number of aromatic nitrogens is 2. The fourth-order valence-electron chi connectivity index (χ4n) is 4.26. The van der Waals surface area contributed by atoms with Crippen LogP contribution in [0.5, 0.6) is 5.75 Å². The maximum Gasteiger partial charge on any atom is 0.262 e. The van der Waals surface area contributed by atoms with Crippen LogP contribution in [-0.4, -0.2) is 29.2 Å². The summed E-state index contributed by atoms with van der Waals surface area (Å²) in [6.07, 6.45) is 6.71. The van der Waals surface area contributed by atoms with Crippen LogP contribution in [0.2, 0.25) is 0 Å². The number of aryl methyl sites for hydroxylation is 3. The topological polar surface area (TPSA) is 56.2 Å². The quantitative estimate of drug-likeness (QED) is 0.588. The van der Waals surface area contributed by atoms with Gasteiger partial charge in [-0.1, -0.05) is 32.0 Å². The number of rotatable bonds is 8. The van der Waals surface area contributed by atoms with E-state index < -0.39 is 0 Å². The molecule has 2 aromatic heterocycles. The highest BCUT2D eigenvalue weighted by Crippen LogP contribution is 2.33. The molecule has 30 heavy (non-hydrogen) atoms. The van der Waals surface area contributed by atoms with Gasteiger partial charge in [-0.15, -0.1) is 11.3 Å². The number of methoxy groups -OCH3 is 1. The van der Waals surface area contributed by atoms with E-state index in [1.54, 1.807) is 29.3 Å². The van der Waals surface area contributed by atoms with Crippen molar-refractivity contribution in [2.24, 2.45) is 5.92 Å². The summed E-state index contributed by atoms with van der Waals surface area (Å²) in [4.78, 5) is 20.1. The Morgan fingerprint density at radius 3 is 2.97 bits per heavy atom. The largest absolute Gasteiger partial charge is 0.496 e. The van der Waals surface area contributed by atoms with E-state index in [0.29, 0.717) is 12.6 Å². The average Bonchev–Trinajstić information content (AvgIpc) is 3.11. The molecule has 0 aliphatic heterocycles. The molecule has 0 saturated carbocycles. The molecule has 5 nitrogen and oxygen atoms in total. The molecule has 1 aliphatic carbocycles. The first-order chi connectivity index (χ1) is 14.6. The van der Waals surface area contributed by atoms with Crippen LogP contribution in [-0.2, 0) is 25.8 Å². The Morgan fingerprint density at radius 2 is 2.17 bits per heavy atom. The van der Waals surface area contributed by atoms with E-state index in [1.165, 1.54) is 16.9 Å². The Hall–Kier alpha value is -2.18. The Balaban J connectivity index is 1.52. The second-order valence-electron chi connectivity index (χ2n) is 8.57. The third-order valence-electron chi connectivity index (χ3n) is 6.01. The predicted octanol–water partition coefficient (Wildman–Crippen LogP) is 4.20. The zero-order valence-corrected chi connectivity index (χ0v) is 18.9. The maximum absolute atomic E-state index is 13.2. The highest BCUT2D eigenvalue weighted by molar-refractivity contribution is 7.18. The summed E-state index contributed by atoms with van der Waals surface area (Å²) in [6.45, 7) is 6.19. The monoisotopic (exact) mass is 425 g/mol. The molecule has 0 amide bonds. The average molecular weight is 426 g/mol. The van der Waals surface area contributed by atoms with E-state index in [1.807, 2.05) is 18.2 Å². The van der Waals surface area contributed by atoms with Gasteiger partial charge in [0, 0.05) is 17.5 Å². The highest BCUT2D eigenvalue weighted by Gasteiger charge is 2.25. The third-order valence-corrected chi connectivity index (χ3v) is 7.17. The van der Waals surface area contributed by atoms with Crippen LogP contribution in [0.3, 0.4) is 0 Å². The van der Waals surface area contributed by atoms with Crippen LogP contribution in [0.1, 0.15) is 42.7 Å². The molecule has 1 atom stereocenters. The summed E-state index contributed by atoms with van der Waals surface area (Å²) >= 11 is 1.70. The second kappa shape index (κ2) is 9.31. The third kappa shape index (κ3) is 4.44. The molecule has 0 bridgehead atoms. The van der Waals surface area contributed by atoms with Crippen LogP contribution in [0, 0.1) is 5.92 Å². The van der Waals surface area contributed by atoms with E-state index in [-0.39, 0.29) is 5.56 Å². The molecule has 1 unspecified atom stereocenters. The SMILES string of the molecule is COc1ccccc1CCn1cnc2sc3c(c2c1=O)CCC(NCCC(C)C)C3. The summed E-state index contributed by atoms with van der Waals surface area (Å²) in [5.41, 5.74) is 2.44. The summed E-state index contributed by atoms with van der Waals surface area (Å²) in [6, 6.07) is 8.49. The second-order valence-corrected chi connectivity index (χ2v) is 9.65. The van der Waals surface area contributed by atoms with Gasteiger partial charge in [-0.3, -0.25) is 9.36 Å². The molecule has 0 spiro atoms. The summed E-state index contributed by atoms with van der Waals surface area (Å²) in [5, 5.41) is 4.55. The van der Waals surface area contributed by atoms with Crippen molar-refractivity contribution in [2.45, 2.75) is 58.5 Å². The normalized spacial score (nSPS) is 16.2. The molecule has 1 N–H and O–H groups in total. The minimum Gasteiger partial charge on any atom is -0.496 e. The summed E-state index contributed by atoms with van der Waals surface area (Å²) in [7, 11) is 1.68. The van der Waals surface area contributed by atoms with Crippen LogP contribution in [0.4, 0.5) is 0 Å². The molecule has 4 rings (SSSR count). The minimum atomic E-state index is 0.0959. The summed E-state index contributed by atoms with van der Waals surface area (Å²) < 4.78 is 7.20. The van der Waals surface area contributed by atoms with Crippen LogP contribution >= 0.6 is 11.3 Å². The van der Waals surface area contributed by atoms with E-state index in [9.17, 15) is 4.79 Å². The molecular weight excluding hydrogens is 394 g/mol. The van der Waals surface area contributed by atoms with Gasteiger partial charge < -0.3 is 10.1 Å². The molecular formula is C24H31N3O2S. The number of thiophene rings is 1. The maximum atomic E-state index is 13.2. The number of hydrogen-bond acceptors (Lipinski definition) is 5. The number of para-hydroxylation sites is 1. The molecule has 160 valence electrons. The lowest BCUT2D eigenvalue weighted by Gasteiger charge is -2.23. The Kier molecular flexibility index (Phi) is 6.54. The van der Waals surface area contributed by atoms with Gasteiger partial charge in [-0.05, 0) is 61.8 Å². The smallest absolute Gasteiger partial charge is 0.262 e. The number of fused-ring (bicyclic) bond motifs is 3. The standard InChI is InChI=1S/C24H31N3O2S/c1-16(2)10-12-25-18-8-9-19-21(14-18)30-23-22(19)24(28)27(15-26-23)13-11-17-6-4-5-7-20(17)29-3/h4-7,15-16,18,25H,8-14H2,1-3H3. The van der Waals surface area contributed by atoms with E-state index >= 15 is 0 Å². The molecule has 1 aromatic carbocycles. The molecule has 0 radical (unpaired) electrons. The number of nitrogens with zero attached hydrogens (tertiary/aromatic N) is 2. The van der Waals surface area contributed by atoms with Gasteiger partial charge >= 0.3 is 0 Å². The van der Waals surface area contributed by atoms with Crippen molar-refractivity contribution in [3.63, 3.8) is 0 Å². The molecule has 0 fully saturated rings. The lowest BCUT2D eigenvalue weighted by molar-refractivity contribution is 0.408. The van der Waals surface area contributed by atoms with Crippen molar-refractivity contribution in [1.29, 1.82) is 0 Å². The Morgan fingerprint density at radius 1 is 1.33 bits per heavy atom. The number of nitrogens with one attached hydrogen (secondary N) is 1. The van der Waals surface area contributed by atoms with Crippen molar-refractivity contribution in [1.82, 2.24) is 14.9 Å². The predicted molar refractivity (Wildman–Crippen MR) is 124 cm³/mol. The van der Waals surface area contributed by atoms with Gasteiger partial charge in [-0.25, -0.2) is 4.98 Å². The number of ether oxygens (including phenoxy) is 1. The minimum absolute atomic E-state index is 0.0959. The van der Waals surface area contributed by atoms with Crippen molar-refractivity contribution >= 4 is 21.6 Å². The van der Waals surface area contributed by atoms with E-state index in [2.05, 4.69) is 30.2 Å². The van der Waals surface area contributed by atoms with Crippen LogP contribution in [0.15, 0.2) is 35.4 Å². The first-order valence-electron chi connectivity index (χ1n) is 10.9. The molecule has 2 heterocycles. The molecule has 3 aromatic rings. The van der Waals surface area contributed by atoms with Gasteiger partial charge in [0.05, 0.1) is 18.8 Å². The van der Waals surface area contributed by atoms with Gasteiger partial charge in [0.1, 0.15) is 10.6 Å².